The molecule has 304 valence electrons. The lowest BCUT2D eigenvalue weighted by atomic mass is 10.1. The molecule has 0 saturated carbocycles. The van der Waals surface area contributed by atoms with E-state index in [0.717, 1.165) is 23.0 Å². The number of nitrogens with one attached hydrogen (secondary N) is 2. The fourth-order valence-corrected chi connectivity index (χ4v) is 6.72. The fourth-order valence-electron chi connectivity index (χ4n) is 6.35. The van der Waals surface area contributed by atoms with Crippen LogP contribution in [0.1, 0.15) is 62.0 Å². The second-order valence-corrected chi connectivity index (χ2v) is 14.3. The van der Waals surface area contributed by atoms with Crippen molar-refractivity contribution in [2.75, 3.05) is 0 Å². The Hall–Kier alpha value is -6.56. The third-order valence-corrected chi connectivity index (χ3v) is 9.67. The van der Waals surface area contributed by atoms with Crippen LogP contribution < -0.4 is 22.5 Å². The van der Waals surface area contributed by atoms with Crippen molar-refractivity contribution in [2.24, 2.45) is 4.99 Å². The molecule has 0 aliphatic carbocycles. The number of benzene rings is 2. The minimum atomic E-state index is -1.05. The Balaban J connectivity index is 0.000000171. The monoisotopic (exact) mass is 873 g/mol. The van der Waals surface area contributed by atoms with Gasteiger partial charge in [-0.1, -0.05) is 76.6 Å². The zero-order chi connectivity index (χ0) is 42.5. The Morgan fingerprint density at radius 3 is 1.71 bits per heavy atom. The predicted octanol–water partition coefficient (Wildman–Crippen LogP) is 6.90. The Morgan fingerprint density at radius 2 is 1.19 bits per heavy atom. The lowest BCUT2D eigenvalue weighted by molar-refractivity contribution is 0.511. The molecule has 0 fully saturated rings. The summed E-state index contributed by atoms with van der Waals surface area (Å²) in [6.45, 7) is 7.29. The molecule has 2 N–H and O–H groups in total. The van der Waals surface area contributed by atoms with Gasteiger partial charge in [0.1, 0.15) is 11.6 Å². The van der Waals surface area contributed by atoms with Crippen molar-refractivity contribution < 1.29 is 17.6 Å². The molecular weight excluding hydrogens is 838 g/mol. The highest BCUT2D eigenvalue weighted by Gasteiger charge is 2.27. The van der Waals surface area contributed by atoms with Gasteiger partial charge in [0.15, 0.2) is 11.2 Å². The zero-order valence-corrected chi connectivity index (χ0v) is 33.6. The number of nitrogens with zero attached hydrogens (tertiary/aromatic N) is 7. The van der Waals surface area contributed by atoms with Gasteiger partial charge in [0.2, 0.25) is 23.8 Å². The van der Waals surface area contributed by atoms with E-state index in [-0.39, 0.29) is 70.3 Å². The highest BCUT2D eigenvalue weighted by Crippen LogP contribution is 2.28. The van der Waals surface area contributed by atoms with E-state index in [4.69, 9.17) is 0 Å². The van der Waals surface area contributed by atoms with E-state index in [1.165, 1.54) is 31.4 Å². The molecule has 0 amide bonds. The number of aromatic amines is 2. The SMILES string of the molecule is BrCc1ccccc1.CC(C)n1c(=O)[nH]c(=O)c2c1nc(-c1ccc(F)nc1F)n2Cc1ccccc1.CC(C)n1c2c(c(=O)[nH]c1=O)CC(c1ccc(F)nc1F)=N2. The largest absolute Gasteiger partial charge is 0.330 e. The van der Waals surface area contributed by atoms with Gasteiger partial charge in [0, 0.05) is 30.4 Å². The van der Waals surface area contributed by atoms with E-state index >= 15 is 0 Å². The highest BCUT2D eigenvalue weighted by molar-refractivity contribution is 9.08. The summed E-state index contributed by atoms with van der Waals surface area (Å²) in [5, 5.41) is 0.952. The smallest absolute Gasteiger partial charge is 0.313 e. The van der Waals surface area contributed by atoms with Crippen LogP contribution in [0.15, 0.2) is 109 Å². The fraction of sp³-hybridized carbons (Fsp3) is 0.220. The van der Waals surface area contributed by atoms with Crippen molar-refractivity contribution in [1.29, 1.82) is 0 Å². The van der Waals surface area contributed by atoms with Crippen LogP contribution >= 0.6 is 15.9 Å². The molecule has 0 atom stereocenters. The van der Waals surface area contributed by atoms with Crippen molar-refractivity contribution in [3.8, 4) is 11.4 Å². The van der Waals surface area contributed by atoms with Crippen molar-refractivity contribution in [3.05, 3.63) is 173 Å². The number of aromatic nitrogens is 8. The third-order valence-electron chi connectivity index (χ3n) is 9.02. The normalized spacial score (nSPS) is 11.9. The van der Waals surface area contributed by atoms with Gasteiger partial charge in [-0.25, -0.2) is 19.6 Å². The number of rotatable bonds is 7. The number of pyridine rings is 2. The maximum Gasteiger partial charge on any atom is 0.330 e. The average Bonchev–Trinajstić information content (AvgIpc) is 3.78. The van der Waals surface area contributed by atoms with Crippen LogP contribution in [0.25, 0.3) is 22.6 Å². The standard InChI is InChI=1S/C20H17F2N5O2.C14H12F2N4O2.C7H7Br/c1-11(2)27-18-15(19(28)25-20(27)29)26(10-12-6-4-3-5-7-12)17(24-18)13-8-9-14(21)23-16(13)22;1-6(2)20-12-8(13(21)19-14(20)22)5-9(17-12)7-3-4-10(15)18-11(7)16;8-6-7-4-2-1-3-5-7/h3-9,11H,10H2,1-2H3,(H,25,28,29);3-4,6H,5H2,1-2H3,(H,19,21,22);1-5H,6H2. The summed E-state index contributed by atoms with van der Waals surface area (Å²) < 4.78 is 58.6. The van der Waals surface area contributed by atoms with Gasteiger partial charge >= 0.3 is 11.4 Å². The number of H-pyrrole nitrogens is 2. The van der Waals surface area contributed by atoms with Gasteiger partial charge in [-0.3, -0.25) is 28.7 Å². The molecule has 7 aromatic rings. The third kappa shape index (κ3) is 9.12. The summed E-state index contributed by atoms with van der Waals surface area (Å²) in [6, 6.07) is 23.4. The van der Waals surface area contributed by atoms with E-state index < -0.39 is 46.3 Å². The average molecular weight is 875 g/mol. The Kier molecular flexibility index (Phi) is 12.8. The van der Waals surface area contributed by atoms with Crippen molar-refractivity contribution in [3.63, 3.8) is 0 Å². The van der Waals surface area contributed by atoms with Crippen LogP contribution in [-0.4, -0.2) is 44.3 Å². The van der Waals surface area contributed by atoms with Crippen LogP contribution in [0.3, 0.4) is 0 Å². The summed E-state index contributed by atoms with van der Waals surface area (Å²) in [7, 11) is 0. The van der Waals surface area contributed by atoms with Crippen molar-refractivity contribution in [1.82, 2.24) is 38.6 Å². The van der Waals surface area contributed by atoms with Crippen LogP contribution in [-0.2, 0) is 18.3 Å². The van der Waals surface area contributed by atoms with Crippen LogP contribution in [0, 0.1) is 23.8 Å². The maximum absolute atomic E-state index is 14.5. The molecule has 0 saturated heterocycles. The molecular formula is C41H36BrF4N9O4. The van der Waals surface area contributed by atoms with Gasteiger partial charge in [0.25, 0.3) is 11.1 Å². The highest BCUT2D eigenvalue weighted by atomic mass is 79.9. The summed E-state index contributed by atoms with van der Waals surface area (Å²) in [5.74, 6) is -3.66. The first-order valence-corrected chi connectivity index (χ1v) is 19.3. The van der Waals surface area contributed by atoms with Gasteiger partial charge < -0.3 is 4.57 Å². The van der Waals surface area contributed by atoms with Crippen LogP contribution in [0.5, 0.6) is 0 Å². The van der Waals surface area contributed by atoms with E-state index in [1.54, 1.807) is 27.7 Å². The van der Waals surface area contributed by atoms with E-state index in [0.29, 0.717) is 0 Å². The molecule has 8 rings (SSSR count). The molecule has 0 spiro atoms. The van der Waals surface area contributed by atoms with Crippen molar-refractivity contribution in [2.45, 2.75) is 58.1 Å². The molecule has 5 aromatic heterocycles. The first-order chi connectivity index (χ1) is 28.2. The first kappa shape index (κ1) is 42.1. The van der Waals surface area contributed by atoms with E-state index in [1.807, 2.05) is 48.5 Å². The quantitative estimate of drug-likeness (QED) is 0.0999. The molecule has 1 aliphatic heterocycles. The van der Waals surface area contributed by atoms with Gasteiger partial charge in [-0.05, 0) is 63.1 Å². The number of aliphatic imine (C=N–C) groups is 1. The predicted molar refractivity (Wildman–Crippen MR) is 219 cm³/mol. The Labute approximate surface area is 341 Å². The number of hydrogen-bond acceptors (Lipinski definition) is 8. The second kappa shape index (κ2) is 17.9. The van der Waals surface area contributed by atoms with Crippen LogP contribution in [0.2, 0.25) is 0 Å². The summed E-state index contributed by atoms with van der Waals surface area (Å²) >= 11 is 3.36. The molecule has 1 aliphatic rings. The van der Waals surface area contributed by atoms with Crippen molar-refractivity contribution >= 4 is 38.6 Å². The van der Waals surface area contributed by atoms with Crippen LogP contribution in [0.4, 0.5) is 23.4 Å². The minimum Gasteiger partial charge on any atom is -0.313 e. The number of fused-ring (bicyclic) bond motifs is 2. The first-order valence-electron chi connectivity index (χ1n) is 18.2. The maximum atomic E-state index is 14.5. The Morgan fingerprint density at radius 1 is 0.661 bits per heavy atom. The molecule has 0 unspecified atom stereocenters. The zero-order valence-electron chi connectivity index (χ0n) is 32.0. The summed E-state index contributed by atoms with van der Waals surface area (Å²) in [6.07, 6.45) is 0.0574. The molecule has 13 nitrogen and oxygen atoms in total. The number of hydrogen-bond donors (Lipinski definition) is 2. The van der Waals surface area contributed by atoms with E-state index in [2.05, 4.69) is 58.0 Å². The Bertz CT molecular complexity index is 2920. The van der Waals surface area contributed by atoms with Gasteiger partial charge in [-0.2, -0.15) is 27.5 Å². The molecule has 6 heterocycles. The minimum absolute atomic E-state index is 0.0137. The van der Waals surface area contributed by atoms with E-state index in [9.17, 15) is 36.7 Å². The molecule has 18 heteroatoms. The summed E-state index contributed by atoms with van der Waals surface area (Å²) in [4.78, 5) is 68.3. The number of alkyl halides is 1. The topological polar surface area (TPSA) is 166 Å². The van der Waals surface area contributed by atoms with Gasteiger partial charge in [-0.15, -0.1) is 0 Å². The number of halogens is 5. The lowest BCUT2D eigenvalue weighted by Crippen LogP contribution is -2.32. The molecule has 2 aromatic carbocycles. The molecule has 0 radical (unpaired) electrons. The lowest BCUT2D eigenvalue weighted by Gasteiger charge is -2.12. The molecule has 0 bridgehead atoms. The van der Waals surface area contributed by atoms with Gasteiger partial charge in [0.05, 0.1) is 22.4 Å². The second-order valence-electron chi connectivity index (χ2n) is 13.7. The number of imidazole rings is 1. The summed E-state index contributed by atoms with van der Waals surface area (Å²) in [5.41, 5.74) is 0.533. The molecule has 59 heavy (non-hydrogen) atoms.